The number of likely N-dealkylation sites (N-methyl/N-ethyl adjacent to an activating group) is 1. The van der Waals surface area contributed by atoms with E-state index in [0.717, 1.165) is 11.0 Å². The number of aliphatic hydroxyl groups is 1. The molecule has 0 saturated heterocycles. The Morgan fingerprint density at radius 1 is 1.32 bits per heavy atom. The lowest BCUT2D eigenvalue weighted by atomic mass is 10.1. The predicted octanol–water partition coefficient (Wildman–Crippen LogP) is 1.86. The first-order valence-electron chi connectivity index (χ1n) is 8.65. The molecule has 0 saturated carbocycles. The summed E-state index contributed by atoms with van der Waals surface area (Å²) in [5, 5.41) is 13.3. The van der Waals surface area contributed by atoms with Crippen molar-refractivity contribution in [1.82, 2.24) is 19.8 Å². The van der Waals surface area contributed by atoms with Gasteiger partial charge in [0.15, 0.2) is 0 Å². The molecular formula is C19H30N4O2. The summed E-state index contributed by atoms with van der Waals surface area (Å²) in [5.74, 6) is -0.0404. The maximum atomic E-state index is 12.0. The fourth-order valence-corrected chi connectivity index (χ4v) is 2.87. The van der Waals surface area contributed by atoms with Gasteiger partial charge in [0.2, 0.25) is 5.91 Å². The summed E-state index contributed by atoms with van der Waals surface area (Å²) in [7, 11) is 1.84. The van der Waals surface area contributed by atoms with Gasteiger partial charge >= 0.3 is 0 Å². The van der Waals surface area contributed by atoms with Gasteiger partial charge in [-0.3, -0.25) is 9.69 Å². The number of carbonyl (C=O) groups excluding carboxylic acids is 1. The number of benzene rings is 1. The number of imidazole rings is 1. The summed E-state index contributed by atoms with van der Waals surface area (Å²) >= 11 is 0. The molecule has 0 aliphatic carbocycles. The molecule has 2 aromatic rings. The molecule has 138 valence electrons. The summed E-state index contributed by atoms with van der Waals surface area (Å²) in [5.41, 5.74) is 4.13. The zero-order chi connectivity index (χ0) is 18.8. The van der Waals surface area contributed by atoms with Crippen molar-refractivity contribution in [2.75, 3.05) is 20.1 Å². The quantitative estimate of drug-likeness (QED) is 0.838. The van der Waals surface area contributed by atoms with Gasteiger partial charge in [0, 0.05) is 12.1 Å². The maximum absolute atomic E-state index is 12.0. The van der Waals surface area contributed by atoms with E-state index in [1.54, 1.807) is 6.33 Å². The topological polar surface area (TPSA) is 70.4 Å². The van der Waals surface area contributed by atoms with E-state index in [9.17, 15) is 9.90 Å². The third-order valence-corrected chi connectivity index (χ3v) is 4.09. The van der Waals surface area contributed by atoms with Gasteiger partial charge in [-0.25, -0.2) is 4.98 Å². The highest BCUT2D eigenvalue weighted by Gasteiger charge is 2.17. The number of nitrogens with zero attached hydrogens (tertiary/aromatic N) is 3. The molecule has 2 rings (SSSR count). The SMILES string of the molecule is Cc1cc2ncn(CC(O)CN(C)CC(=O)NC(C)(C)C)c2cc1C. The van der Waals surface area contributed by atoms with Crippen molar-refractivity contribution >= 4 is 16.9 Å². The number of aryl methyl sites for hydroxylation is 2. The molecular weight excluding hydrogens is 316 g/mol. The molecule has 1 heterocycles. The molecule has 6 heteroatoms. The number of hydrogen-bond acceptors (Lipinski definition) is 4. The summed E-state index contributed by atoms with van der Waals surface area (Å²) in [6.45, 7) is 11.1. The number of fused-ring (bicyclic) bond motifs is 1. The van der Waals surface area contributed by atoms with Gasteiger partial charge in [0.1, 0.15) is 0 Å². The lowest BCUT2D eigenvalue weighted by Gasteiger charge is -2.24. The molecule has 2 N–H and O–H groups in total. The number of amides is 1. The standard InChI is InChI=1S/C19H30N4O2/c1-13-7-16-17(8-14(13)2)23(12-20-16)10-15(24)9-22(6)11-18(25)21-19(3,4)5/h7-8,12,15,24H,9-11H2,1-6H3,(H,21,25). The molecule has 1 aromatic heterocycles. The Balaban J connectivity index is 1.95. The van der Waals surface area contributed by atoms with Gasteiger partial charge in [-0.2, -0.15) is 0 Å². The van der Waals surface area contributed by atoms with Crippen LogP contribution in [0, 0.1) is 13.8 Å². The van der Waals surface area contributed by atoms with Crippen LogP contribution in [-0.4, -0.2) is 57.2 Å². The van der Waals surface area contributed by atoms with Crippen LogP contribution in [0.4, 0.5) is 0 Å². The van der Waals surface area contributed by atoms with Gasteiger partial charge in [0.25, 0.3) is 0 Å². The van der Waals surface area contributed by atoms with Crippen molar-refractivity contribution in [1.29, 1.82) is 0 Å². The van der Waals surface area contributed by atoms with Crippen molar-refractivity contribution < 1.29 is 9.90 Å². The first kappa shape index (κ1) is 19.4. The molecule has 25 heavy (non-hydrogen) atoms. The minimum absolute atomic E-state index is 0.0404. The number of aromatic nitrogens is 2. The van der Waals surface area contributed by atoms with E-state index in [1.807, 2.05) is 37.3 Å². The van der Waals surface area contributed by atoms with Gasteiger partial charge < -0.3 is 15.0 Å². The second-order valence-corrected chi connectivity index (χ2v) is 7.97. The first-order valence-corrected chi connectivity index (χ1v) is 8.65. The number of aliphatic hydroxyl groups excluding tert-OH is 1. The van der Waals surface area contributed by atoms with Gasteiger partial charge in [-0.1, -0.05) is 0 Å². The molecule has 0 spiro atoms. The zero-order valence-corrected chi connectivity index (χ0v) is 16.1. The fourth-order valence-electron chi connectivity index (χ4n) is 2.87. The van der Waals surface area contributed by atoms with Crippen LogP contribution in [0.3, 0.4) is 0 Å². The first-order chi connectivity index (χ1) is 11.5. The van der Waals surface area contributed by atoms with Crippen molar-refractivity contribution in [2.24, 2.45) is 0 Å². The van der Waals surface area contributed by atoms with Crippen LogP contribution in [0.15, 0.2) is 18.5 Å². The average molecular weight is 346 g/mol. The number of carbonyl (C=O) groups is 1. The fraction of sp³-hybridized carbons (Fsp3) is 0.579. The zero-order valence-electron chi connectivity index (χ0n) is 16.1. The minimum Gasteiger partial charge on any atom is -0.390 e. The Hall–Kier alpha value is -1.92. The molecule has 0 aliphatic rings. The van der Waals surface area contributed by atoms with Crippen molar-refractivity contribution in [3.8, 4) is 0 Å². The molecule has 6 nitrogen and oxygen atoms in total. The molecule has 0 fully saturated rings. The van der Waals surface area contributed by atoms with Crippen LogP contribution in [0.2, 0.25) is 0 Å². The maximum Gasteiger partial charge on any atom is 0.234 e. The van der Waals surface area contributed by atoms with Crippen LogP contribution >= 0.6 is 0 Å². The van der Waals surface area contributed by atoms with Crippen molar-refractivity contribution in [3.63, 3.8) is 0 Å². The third kappa shape index (κ3) is 5.54. The largest absolute Gasteiger partial charge is 0.390 e. The van der Waals surface area contributed by atoms with E-state index < -0.39 is 6.10 Å². The van der Waals surface area contributed by atoms with Crippen LogP contribution in [0.1, 0.15) is 31.9 Å². The van der Waals surface area contributed by atoms with E-state index in [2.05, 4.69) is 36.3 Å². The Morgan fingerprint density at radius 2 is 1.96 bits per heavy atom. The van der Waals surface area contributed by atoms with Gasteiger partial charge in [-0.15, -0.1) is 0 Å². The summed E-state index contributed by atoms with van der Waals surface area (Å²) in [4.78, 5) is 18.2. The Morgan fingerprint density at radius 3 is 2.60 bits per heavy atom. The Labute approximate surface area is 149 Å². The Bertz CT molecular complexity index is 746. The molecule has 1 amide bonds. The average Bonchev–Trinajstić information content (AvgIpc) is 2.79. The van der Waals surface area contributed by atoms with E-state index in [0.29, 0.717) is 13.1 Å². The third-order valence-electron chi connectivity index (χ3n) is 4.09. The highest BCUT2D eigenvalue weighted by molar-refractivity contribution is 5.78. The summed E-state index contributed by atoms with van der Waals surface area (Å²) < 4.78 is 1.97. The van der Waals surface area contributed by atoms with E-state index >= 15 is 0 Å². The summed E-state index contributed by atoms with van der Waals surface area (Å²) in [6.07, 6.45) is 1.19. The molecule has 1 unspecified atom stereocenters. The van der Waals surface area contributed by atoms with E-state index in [-0.39, 0.29) is 18.0 Å². The number of rotatable bonds is 6. The molecule has 1 aromatic carbocycles. The summed E-state index contributed by atoms with van der Waals surface area (Å²) in [6, 6.07) is 4.17. The predicted molar refractivity (Wildman–Crippen MR) is 101 cm³/mol. The highest BCUT2D eigenvalue weighted by atomic mass is 16.3. The molecule has 0 aliphatic heterocycles. The van der Waals surface area contributed by atoms with Gasteiger partial charge in [0.05, 0.1) is 36.6 Å². The highest BCUT2D eigenvalue weighted by Crippen LogP contribution is 2.18. The monoisotopic (exact) mass is 346 g/mol. The van der Waals surface area contributed by atoms with Crippen LogP contribution in [-0.2, 0) is 11.3 Å². The van der Waals surface area contributed by atoms with Crippen molar-refractivity contribution in [2.45, 2.75) is 52.8 Å². The van der Waals surface area contributed by atoms with E-state index in [4.69, 9.17) is 0 Å². The number of hydrogen-bond donors (Lipinski definition) is 2. The van der Waals surface area contributed by atoms with Gasteiger partial charge in [-0.05, 0) is 64.9 Å². The van der Waals surface area contributed by atoms with E-state index in [1.165, 1.54) is 11.1 Å². The molecule has 1 atom stereocenters. The van der Waals surface area contributed by atoms with Crippen LogP contribution in [0.25, 0.3) is 11.0 Å². The molecule has 0 radical (unpaired) electrons. The van der Waals surface area contributed by atoms with Crippen LogP contribution in [0.5, 0.6) is 0 Å². The van der Waals surface area contributed by atoms with Crippen LogP contribution < -0.4 is 5.32 Å². The second kappa shape index (κ2) is 7.54. The lowest BCUT2D eigenvalue weighted by molar-refractivity contribution is -0.123. The normalized spacial score (nSPS) is 13.4. The smallest absolute Gasteiger partial charge is 0.234 e. The van der Waals surface area contributed by atoms with Crippen molar-refractivity contribution in [3.05, 3.63) is 29.6 Å². The number of nitrogens with one attached hydrogen (secondary N) is 1. The Kier molecular flexibility index (Phi) is 5.85. The second-order valence-electron chi connectivity index (χ2n) is 7.97. The lowest BCUT2D eigenvalue weighted by Crippen LogP contribution is -2.46. The molecule has 0 bridgehead atoms. The minimum atomic E-state index is -0.577.